The zero-order chi connectivity index (χ0) is 35.5. The fourth-order valence-corrected chi connectivity index (χ4v) is 5.67. The second kappa shape index (κ2) is 13.7. The lowest BCUT2D eigenvalue weighted by Gasteiger charge is -2.11. The van der Waals surface area contributed by atoms with Gasteiger partial charge in [-0.1, -0.05) is 91.0 Å². The van der Waals surface area contributed by atoms with Gasteiger partial charge in [0.15, 0.2) is 36.3 Å². The molecule has 0 atom stereocenters. The molecule has 0 aliphatic rings. The van der Waals surface area contributed by atoms with E-state index < -0.39 is 0 Å². The Morgan fingerprint density at radius 3 is 0.745 bits per heavy atom. The molecule has 7 rings (SSSR count). The van der Waals surface area contributed by atoms with Gasteiger partial charge in [-0.15, -0.1) is 0 Å². The number of aromatic hydroxyl groups is 3. The van der Waals surface area contributed by atoms with Crippen LogP contribution < -0.4 is 0 Å². The van der Waals surface area contributed by atoms with Gasteiger partial charge in [-0.25, -0.2) is 15.0 Å². The molecule has 0 unspecified atom stereocenters. The van der Waals surface area contributed by atoms with E-state index in [1.807, 2.05) is 72.8 Å². The summed E-state index contributed by atoms with van der Waals surface area (Å²) >= 11 is 0. The first-order chi connectivity index (χ1) is 24.8. The highest BCUT2D eigenvalue weighted by molar-refractivity contribution is 5.84. The van der Waals surface area contributed by atoms with Crippen LogP contribution in [0.2, 0.25) is 0 Å². The van der Waals surface area contributed by atoms with Crippen LogP contribution in [0.5, 0.6) is 17.2 Å². The largest absolute Gasteiger partial charge is 0.507 e. The lowest BCUT2D eigenvalue weighted by Crippen LogP contribution is -2.00. The van der Waals surface area contributed by atoms with Crippen LogP contribution in [0.25, 0.3) is 67.5 Å². The van der Waals surface area contributed by atoms with Crippen molar-refractivity contribution in [2.45, 2.75) is 0 Å². The standard InChI is InChI=1S/C42H27N3O6/c46-22-34-16-13-31(19-37(34)49)25-1-7-28(8-2-25)40-43-41(29-9-3-26(4-10-29)32-14-17-35(23-47)38(50)20-32)45-42(44-40)30-11-5-27(6-12-30)33-15-18-36(24-48)39(51)21-33/h1-24,49-51H. The van der Waals surface area contributed by atoms with Crippen LogP contribution in [-0.4, -0.2) is 49.1 Å². The molecule has 0 saturated heterocycles. The van der Waals surface area contributed by atoms with Crippen LogP contribution >= 0.6 is 0 Å². The molecule has 6 aromatic carbocycles. The topological polar surface area (TPSA) is 151 Å². The number of benzene rings is 6. The molecular weight excluding hydrogens is 642 g/mol. The molecule has 0 aliphatic carbocycles. The predicted molar refractivity (Wildman–Crippen MR) is 194 cm³/mol. The molecule has 1 aromatic heterocycles. The minimum atomic E-state index is -0.0973. The van der Waals surface area contributed by atoms with E-state index in [0.29, 0.717) is 36.3 Å². The summed E-state index contributed by atoms with van der Waals surface area (Å²) in [6.45, 7) is 0. The monoisotopic (exact) mass is 669 g/mol. The highest BCUT2D eigenvalue weighted by Crippen LogP contribution is 2.32. The molecule has 7 aromatic rings. The summed E-state index contributed by atoms with van der Waals surface area (Å²) in [5, 5.41) is 30.6. The summed E-state index contributed by atoms with van der Waals surface area (Å²) in [5.74, 6) is 0.993. The van der Waals surface area contributed by atoms with Gasteiger partial charge < -0.3 is 15.3 Å². The molecule has 0 saturated carbocycles. The first-order valence-electron chi connectivity index (χ1n) is 15.8. The number of phenols is 3. The van der Waals surface area contributed by atoms with Crippen molar-refractivity contribution in [2.75, 3.05) is 0 Å². The summed E-state index contributed by atoms with van der Waals surface area (Å²) in [6, 6.07) is 37.2. The van der Waals surface area contributed by atoms with Crippen molar-refractivity contribution in [1.82, 2.24) is 15.0 Å². The third-order valence-corrected chi connectivity index (χ3v) is 8.54. The van der Waals surface area contributed by atoms with Crippen LogP contribution in [0.3, 0.4) is 0 Å². The SMILES string of the molecule is O=Cc1ccc(-c2ccc(-c3nc(-c4ccc(-c5ccc(C=O)c(O)c5)cc4)nc(-c4ccc(-c5ccc(C=O)c(O)c5)cc4)n3)cc2)cc1O. The highest BCUT2D eigenvalue weighted by atomic mass is 16.3. The van der Waals surface area contributed by atoms with Gasteiger partial charge in [0, 0.05) is 16.7 Å². The average molecular weight is 670 g/mol. The van der Waals surface area contributed by atoms with E-state index in [4.69, 9.17) is 15.0 Å². The van der Waals surface area contributed by atoms with E-state index in [9.17, 15) is 29.7 Å². The Kier molecular flexibility index (Phi) is 8.67. The fourth-order valence-electron chi connectivity index (χ4n) is 5.67. The van der Waals surface area contributed by atoms with Crippen LogP contribution in [-0.2, 0) is 0 Å². The Morgan fingerprint density at radius 2 is 0.529 bits per heavy atom. The molecule has 9 nitrogen and oxygen atoms in total. The average Bonchev–Trinajstić information content (AvgIpc) is 3.18. The molecular formula is C42H27N3O6. The van der Waals surface area contributed by atoms with E-state index in [2.05, 4.69) is 0 Å². The highest BCUT2D eigenvalue weighted by Gasteiger charge is 2.14. The van der Waals surface area contributed by atoms with Gasteiger partial charge >= 0.3 is 0 Å². The summed E-state index contributed by atoms with van der Waals surface area (Å²) < 4.78 is 0. The van der Waals surface area contributed by atoms with Crippen molar-refractivity contribution in [3.05, 3.63) is 144 Å². The zero-order valence-corrected chi connectivity index (χ0v) is 26.8. The predicted octanol–water partition coefficient (Wildman–Crippen LogP) is 8.43. The summed E-state index contributed by atoms with van der Waals surface area (Å²) in [5.41, 5.74) is 7.51. The zero-order valence-electron chi connectivity index (χ0n) is 26.8. The first kappa shape index (κ1) is 32.3. The molecule has 9 heteroatoms. The van der Waals surface area contributed by atoms with Crippen LogP contribution in [0.1, 0.15) is 31.1 Å². The quantitative estimate of drug-likeness (QED) is 0.129. The van der Waals surface area contributed by atoms with Crippen molar-refractivity contribution in [3.63, 3.8) is 0 Å². The van der Waals surface area contributed by atoms with Gasteiger partial charge in [-0.05, 0) is 69.8 Å². The van der Waals surface area contributed by atoms with Gasteiger partial charge in [0.05, 0.1) is 16.7 Å². The Morgan fingerprint density at radius 1 is 0.314 bits per heavy atom. The molecule has 0 aliphatic heterocycles. The number of hydrogen-bond acceptors (Lipinski definition) is 9. The molecule has 0 bridgehead atoms. The Labute approximate surface area is 291 Å². The smallest absolute Gasteiger partial charge is 0.164 e. The van der Waals surface area contributed by atoms with Gasteiger partial charge in [-0.2, -0.15) is 0 Å². The van der Waals surface area contributed by atoms with Crippen molar-refractivity contribution in [2.24, 2.45) is 0 Å². The number of aromatic nitrogens is 3. The third kappa shape index (κ3) is 6.59. The van der Waals surface area contributed by atoms with E-state index >= 15 is 0 Å². The number of carbonyl (C=O) groups excluding carboxylic acids is 3. The van der Waals surface area contributed by atoms with Crippen LogP contribution in [0, 0.1) is 0 Å². The van der Waals surface area contributed by atoms with E-state index in [1.54, 1.807) is 54.6 Å². The molecule has 3 N–H and O–H groups in total. The van der Waals surface area contributed by atoms with Gasteiger partial charge in [0.2, 0.25) is 0 Å². The van der Waals surface area contributed by atoms with Crippen LogP contribution in [0.15, 0.2) is 127 Å². The second-order valence-electron chi connectivity index (χ2n) is 11.7. The maximum absolute atomic E-state index is 11.1. The Balaban J connectivity index is 1.27. The number of carbonyl (C=O) groups is 3. The maximum atomic E-state index is 11.1. The fraction of sp³-hybridized carbons (Fsp3) is 0. The minimum Gasteiger partial charge on any atom is -0.507 e. The summed E-state index contributed by atoms with van der Waals surface area (Å²) in [7, 11) is 0. The van der Waals surface area contributed by atoms with Crippen LogP contribution in [0.4, 0.5) is 0 Å². The van der Waals surface area contributed by atoms with Crippen molar-refractivity contribution >= 4 is 18.9 Å². The molecule has 0 fully saturated rings. The Hall–Kier alpha value is -7.26. The number of phenolic OH excluding ortho intramolecular Hbond substituents is 3. The molecule has 0 amide bonds. The van der Waals surface area contributed by atoms with E-state index in [0.717, 1.165) is 50.1 Å². The lowest BCUT2D eigenvalue weighted by atomic mass is 10.0. The van der Waals surface area contributed by atoms with Gasteiger partial charge in [-0.3, -0.25) is 14.4 Å². The summed E-state index contributed by atoms with van der Waals surface area (Å²) in [4.78, 5) is 47.9. The van der Waals surface area contributed by atoms with E-state index in [1.165, 1.54) is 0 Å². The number of rotatable bonds is 9. The van der Waals surface area contributed by atoms with Crippen molar-refractivity contribution in [1.29, 1.82) is 0 Å². The Bertz CT molecular complexity index is 2160. The van der Waals surface area contributed by atoms with Gasteiger partial charge in [0.1, 0.15) is 17.2 Å². The third-order valence-electron chi connectivity index (χ3n) is 8.54. The maximum Gasteiger partial charge on any atom is 0.164 e. The number of hydrogen-bond donors (Lipinski definition) is 3. The van der Waals surface area contributed by atoms with Crippen molar-refractivity contribution < 1.29 is 29.7 Å². The van der Waals surface area contributed by atoms with Crippen molar-refractivity contribution in [3.8, 4) is 84.8 Å². The summed E-state index contributed by atoms with van der Waals surface area (Å²) in [6.07, 6.45) is 1.81. The van der Waals surface area contributed by atoms with E-state index in [-0.39, 0.29) is 33.9 Å². The first-order valence-corrected chi connectivity index (χ1v) is 15.8. The molecule has 0 radical (unpaired) electrons. The lowest BCUT2D eigenvalue weighted by molar-refractivity contribution is 0.111. The second-order valence-corrected chi connectivity index (χ2v) is 11.7. The molecule has 246 valence electrons. The molecule has 0 spiro atoms. The molecule has 51 heavy (non-hydrogen) atoms. The number of aldehydes is 3. The minimum absolute atomic E-state index is 0.0973. The normalized spacial score (nSPS) is 10.8. The number of nitrogens with zero attached hydrogens (tertiary/aromatic N) is 3. The molecule has 1 heterocycles. The van der Waals surface area contributed by atoms with Gasteiger partial charge in [0.25, 0.3) is 0 Å².